The van der Waals surface area contributed by atoms with Crippen molar-refractivity contribution in [1.29, 1.82) is 0 Å². The van der Waals surface area contributed by atoms with E-state index >= 15 is 0 Å². The van der Waals surface area contributed by atoms with Crippen molar-refractivity contribution in [1.82, 2.24) is 10.2 Å². The van der Waals surface area contributed by atoms with Gasteiger partial charge >= 0.3 is 0 Å². The lowest BCUT2D eigenvalue weighted by Gasteiger charge is -2.25. The van der Waals surface area contributed by atoms with Crippen LogP contribution in [0.2, 0.25) is 5.02 Å². The summed E-state index contributed by atoms with van der Waals surface area (Å²) >= 11 is 5.96. The van der Waals surface area contributed by atoms with Crippen LogP contribution < -0.4 is 9.62 Å². The SMILES string of the molecule is Cc1ccc(N(CC(=O)NCc2ccc(CN3CCCC3)cc2)S(=O)(=O)c2ccc(Cl)cc2)cc1C. The number of nitrogens with one attached hydrogen (secondary N) is 1. The second-order valence-electron chi connectivity index (χ2n) is 9.31. The summed E-state index contributed by atoms with van der Waals surface area (Å²) in [7, 11) is -3.99. The summed E-state index contributed by atoms with van der Waals surface area (Å²) in [6.07, 6.45) is 2.52. The number of nitrogens with zero attached hydrogens (tertiary/aromatic N) is 2. The minimum absolute atomic E-state index is 0.0755. The van der Waals surface area contributed by atoms with Gasteiger partial charge in [-0.3, -0.25) is 14.0 Å². The first-order valence-corrected chi connectivity index (χ1v) is 14.0. The summed E-state index contributed by atoms with van der Waals surface area (Å²) in [5, 5.41) is 3.31. The van der Waals surface area contributed by atoms with Crippen molar-refractivity contribution < 1.29 is 13.2 Å². The number of anilines is 1. The molecule has 3 aromatic rings. The van der Waals surface area contributed by atoms with Gasteiger partial charge in [0.25, 0.3) is 10.0 Å². The highest BCUT2D eigenvalue weighted by atomic mass is 35.5. The number of benzene rings is 3. The average molecular weight is 526 g/mol. The zero-order chi connectivity index (χ0) is 25.7. The third-order valence-electron chi connectivity index (χ3n) is 6.58. The Bertz CT molecular complexity index is 1300. The molecule has 6 nitrogen and oxygen atoms in total. The fourth-order valence-electron chi connectivity index (χ4n) is 4.28. The lowest BCUT2D eigenvalue weighted by molar-refractivity contribution is -0.119. The van der Waals surface area contributed by atoms with Gasteiger partial charge in [0.15, 0.2) is 0 Å². The molecule has 0 unspecified atom stereocenters. The van der Waals surface area contributed by atoms with Gasteiger partial charge in [0.05, 0.1) is 10.6 Å². The second kappa shape index (κ2) is 11.5. The van der Waals surface area contributed by atoms with Crippen LogP contribution in [0.4, 0.5) is 5.69 Å². The average Bonchev–Trinajstić information content (AvgIpc) is 3.37. The van der Waals surface area contributed by atoms with Crippen molar-refractivity contribution in [2.45, 2.75) is 44.7 Å². The Balaban J connectivity index is 1.47. The molecule has 0 atom stereocenters. The van der Waals surface area contributed by atoms with Gasteiger partial charge < -0.3 is 5.32 Å². The minimum atomic E-state index is -3.99. The summed E-state index contributed by atoms with van der Waals surface area (Å²) in [5.41, 5.74) is 4.64. The Morgan fingerprint density at radius 2 is 1.56 bits per heavy atom. The molecule has 4 rings (SSSR count). The first-order chi connectivity index (χ1) is 17.2. The maximum Gasteiger partial charge on any atom is 0.264 e. The molecule has 1 saturated heterocycles. The van der Waals surface area contributed by atoms with Gasteiger partial charge in [-0.25, -0.2) is 8.42 Å². The number of aryl methyl sites for hydroxylation is 2. The predicted molar refractivity (Wildman–Crippen MR) is 145 cm³/mol. The molecule has 1 heterocycles. The summed E-state index contributed by atoms with van der Waals surface area (Å²) in [5.74, 6) is -0.382. The maximum atomic E-state index is 13.5. The highest BCUT2D eigenvalue weighted by molar-refractivity contribution is 7.92. The van der Waals surface area contributed by atoms with E-state index in [1.807, 2.05) is 32.0 Å². The molecule has 190 valence electrons. The number of carbonyl (C=O) groups excluding carboxylic acids is 1. The molecule has 1 fully saturated rings. The van der Waals surface area contributed by atoms with Gasteiger partial charge in [-0.1, -0.05) is 41.9 Å². The number of sulfonamides is 1. The van der Waals surface area contributed by atoms with Crippen LogP contribution in [0.25, 0.3) is 0 Å². The zero-order valence-corrected chi connectivity index (χ0v) is 22.3. The standard InChI is InChI=1S/C28H32ClN3O3S/c1-21-5-12-26(17-22(21)2)32(36(34,35)27-13-10-25(29)11-14-27)20-28(33)30-18-23-6-8-24(9-7-23)19-31-15-3-4-16-31/h5-14,17H,3-4,15-16,18-20H2,1-2H3,(H,30,33). The molecule has 0 bridgehead atoms. The number of halogens is 1. The van der Waals surface area contributed by atoms with E-state index < -0.39 is 10.0 Å². The van der Waals surface area contributed by atoms with Gasteiger partial charge in [-0.05, 0) is 98.4 Å². The van der Waals surface area contributed by atoms with E-state index in [-0.39, 0.29) is 17.3 Å². The molecule has 0 aromatic heterocycles. The van der Waals surface area contributed by atoms with E-state index in [4.69, 9.17) is 11.6 Å². The fourth-order valence-corrected chi connectivity index (χ4v) is 5.82. The molecule has 1 amide bonds. The Morgan fingerprint density at radius 1 is 0.917 bits per heavy atom. The smallest absolute Gasteiger partial charge is 0.264 e. The van der Waals surface area contributed by atoms with Crippen LogP contribution in [0.1, 0.15) is 35.1 Å². The molecule has 0 saturated carbocycles. The molecular weight excluding hydrogens is 494 g/mol. The molecule has 3 aromatic carbocycles. The Kier molecular flexibility index (Phi) is 8.34. The number of hydrogen-bond donors (Lipinski definition) is 1. The van der Waals surface area contributed by atoms with E-state index in [0.717, 1.165) is 40.6 Å². The van der Waals surface area contributed by atoms with Crippen LogP contribution in [0.15, 0.2) is 71.6 Å². The van der Waals surface area contributed by atoms with Crippen molar-refractivity contribution >= 4 is 33.2 Å². The highest BCUT2D eigenvalue weighted by Crippen LogP contribution is 2.26. The summed E-state index contributed by atoms with van der Waals surface area (Å²) in [6.45, 7) is 7.10. The third-order valence-corrected chi connectivity index (χ3v) is 8.62. The second-order valence-corrected chi connectivity index (χ2v) is 11.6. The fraction of sp³-hybridized carbons (Fsp3) is 0.321. The molecular formula is C28H32ClN3O3S. The van der Waals surface area contributed by atoms with Crippen molar-refractivity contribution in [3.8, 4) is 0 Å². The van der Waals surface area contributed by atoms with E-state index in [1.54, 1.807) is 12.1 Å². The van der Waals surface area contributed by atoms with Crippen molar-refractivity contribution in [3.05, 3.63) is 94.0 Å². The van der Waals surface area contributed by atoms with Crippen LogP contribution in [0.3, 0.4) is 0 Å². The first-order valence-electron chi connectivity index (χ1n) is 12.1. The van der Waals surface area contributed by atoms with Crippen molar-refractivity contribution in [3.63, 3.8) is 0 Å². The molecule has 36 heavy (non-hydrogen) atoms. The number of amides is 1. The predicted octanol–water partition coefficient (Wildman–Crippen LogP) is 5.06. The van der Waals surface area contributed by atoms with E-state index in [1.165, 1.54) is 42.7 Å². The van der Waals surface area contributed by atoms with Gasteiger partial charge in [0, 0.05) is 18.1 Å². The van der Waals surface area contributed by atoms with Gasteiger partial charge in [0.2, 0.25) is 5.91 Å². The van der Waals surface area contributed by atoms with Gasteiger partial charge in [-0.2, -0.15) is 0 Å². The van der Waals surface area contributed by atoms with E-state index in [2.05, 4.69) is 22.3 Å². The van der Waals surface area contributed by atoms with Gasteiger partial charge in [-0.15, -0.1) is 0 Å². The number of hydrogen-bond acceptors (Lipinski definition) is 4. The third kappa shape index (κ3) is 6.46. The van der Waals surface area contributed by atoms with Crippen molar-refractivity contribution in [2.24, 2.45) is 0 Å². The lowest BCUT2D eigenvalue weighted by atomic mass is 10.1. The Hall–Kier alpha value is -2.87. The molecule has 1 aliphatic heterocycles. The monoisotopic (exact) mass is 525 g/mol. The zero-order valence-electron chi connectivity index (χ0n) is 20.7. The Morgan fingerprint density at radius 3 is 2.19 bits per heavy atom. The minimum Gasteiger partial charge on any atom is -0.350 e. The largest absolute Gasteiger partial charge is 0.350 e. The highest BCUT2D eigenvalue weighted by Gasteiger charge is 2.27. The molecule has 8 heteroatoms. The number of carbonyl (C=O) groups is 1. The molecule has 1 N–H and O–H groups in total. The molecule has 0 aliphatic carbocycles. The van der Waals surface area contributed by atoms with Crippen LogP contribution >= 0.6 is 11.6 Å². The van der Waals surface area contributed by atoms with Crippen LogP contribution in [0.5, 0.6) is 0 Å². The van der Waals surface area contributed by atoms with E-state index in [9.17, 15) is 13.2 Å². The number of rotatable bonds is 9. The molecule has 0 spiro atoms. The first kappa shape index (κ1) is 26.2. The molecule has 0 radical (unpaired) electrons. The molecule has 1 aliphatic rings. The summed E-state index contributed by atoms with van der Waals surface area (Å²) in [4.78, 5) is 15.5. The van der Waals surface area contributed by atoms with Gasteiger partial charge in [0.1, 0.15) is 6.54 Å². The number of likely N-dealkylation sites (tertiary alicyclic amines) is 1. The maximum absolute atomic E-state index is 13.5. The normalized spacial score (nSPS) is 14.1. The van der Waals surface area contributed by atoms with E-state index in [0.29, 0.717) is 17.3 Å². The summed E-state index contributed by atoms with van der Waals surface area (Å²) in [6, 6.07) is 19.5. The quantitative estimate of drug-likeness (QED) is 0.424. The lowest BCUT2D eigenvalue weighted by Crippen LogP contribution is -2.40. The topological polar surface area (TPSA) is 69.7 Å². The van der Waals surface area contributed by atoms with Crippen molar-refractivity contribution in [2.75, 3.05) is 23.9 Å². The Labute approximate surface area is 218 Å². The van der Waals surface area contributed by atoms with Crippen LogP contribution in [-0.4, -0.2) is 38.9 Å². The van der Waals surface area contributed by atoms with Crippen LogP contribution in [0, 0.1) is 13.8 Å². The van der Waals surface area contributed by atoms with Crippen LogP contribution in [-0.2, 0) is 27.9 Å². The summed E-state index contributed by atoms with van der Waals surface area (Å²) < 4.78 is 28.2.